The highest BCUT2D eigenvalue weighted by molar-refractivity contribution is 6.25. The van der Waals surface area contributed by atoms with Gasteiger partial charge < -0.3 is 9.94 Å². The Morgan fingerprint density at radius 3 is 2.71 bits per heavy atom. The minimum atomic E-state index is 0.471. The average molecular weight is 254 g/mol. The molecule has 0 amide bonds. The number of aryl methyl sites for hydroxylation is 1. The van der Waals surface area contributed by atoms with E-state index in [4.69, 9.17) is 21.5 Å². The molecule has 1 rings (SSSR count). The second-order valence-electron chi connectivity index (χ2n) is 3.65. The lowest BCUT2D eigenvalue weighted by molar-refractivity contribution is 0.317. The van der Waals surface area contributed by atoms with Gasteiger partial charge in [0.15, 0.2) is 0 Å². The monoisotopic (exact) mass is 253 g/mol. The Kier molecular flexibility index (Phi) is 6.18. The summed E-state index contributed by atoms with van der Waals surface area (Å²) in [7, 11) is 0. The van der Waals surface area contributed by atoms with Gasteiger partial charge in [-0.3, -0.25) is 0 Å². The van der Waals surface area contributed by atoms with Crippen molar-refractivity contribution in [2.75, 3.05) is 6.61 Å². The molecular weight excluding hydrogens is 238 g/mol. The molecule has 3 nitrogen and oxygen atoms in total. The van der Waals surface area contributed by atoms with E-state index < -0.39 is 0 Å². The second kappa shape index (κ2) is 7.74. The fraction of sp³-hybridized carbons (Fsp3) is 0.308. The van der Waals surface area contributed by atoms with Crippen LogP contribution < -0.4 is 4.74 Å². The Hall–Kier alpha value is -1.48. The molecule has 92 valence electrons. The average Bonchev–Trinajstić information content (AvgIpc) is 2.37. The number of hydrogen-bond donors (Lipinski definition) is 1. The van der Waals surface area contributed by atoms with Crippen molar-refractivity contribution >= 4 is 17.3 Å². The van der Waals surface area contributed by atoms with Crippen molar-refractivity contribution in [3.63, 3.8) is 0 Å². The Morgan fingerprint density at radius 1 is 1.41 bits per heavy atom. The van der Waals surface area contributed by atoms with Crippen LogP contribution in [0.2, 0.25) is 0 Å². The molecule has 1 aromatic rings. The van der Waals surface area contributed by atoms with E-state index in [0.29, 0.717) is 6.61 Å². The SMILES string of the molecule is C/C(CCc1ccc(OC/C=C/Cl)cc1)=N\O. The summed E-state index contributed by atoms with van der Waals surface area (Å²) in [6.45, 7) is 2.27. The molecule has 4 heteroatoms. The smallest absolute Gasteiger partial charge is 0.119 e. The molecule has 0 radical (unpaired) electrons. The number of hydrogen-bond acceptors (Lipinski definition) is 3. The summed E-state index contributed by atoms with van der Waals surface area (Å²) in [6, 6.07) is 7.85. The van der Waals surface area contributed by atoms with Gasteiger partial charge in [0.2, 0.25) is 0 Å². The molecule has 0 aliphatic carbocycles. The van der Waals surface area contributed by atoms with Crippen molar-refractivity contribution in [2.45, 2.75) is 19.8 Å². The van der Waals surface area contributed by atoms with Crippen LogP contribution in [-0.4, -0.2) is 17.5 Å². The van der Waals surface area contributed by atoms with Gasteiger partial charge in [-0.1, -0.05) is 28.9 Å². The molecule has 0 atom stereocenters. The maximum atomic E-state index is 8.53. The van der Waals surface area contributed by atoms with E-state index in [1.165, 1.54) is 11.1 Å². The van der Waals surface area contributed by atoms with Crippen molar-refractivity contribution in [3.05, 3.63) is 41.4 Å². The third-order valence-electron chi connectivity index (χ3n) is 2.30. The molecular formula is C13H16ClNO2. The van der Waals surface area contributed by atoms with Crippen LogP contribution in [0.1, 0.15) is 18.9 Å². The zero-order valence-electron chi connectivity index (χ0n) is 9.77. The summed E-state index contributed by atoms with van der Waals surface area (Å²) >= 11 is 5.39. The maximum Gasteiger partial charge on any atom is 0.119 e. The third kappa shape index (κ3) is 5.41. The summed E-state index contributed by atoms with van der Waals surface area (Å²) in [5, 5.41) is 11.7. The van der Waals surface area contributed by atoms with Gasteiger partial charge in [0.05, 0.1) is 5.71 Å². The zero-order valence-corrected chi connectivity index (χ0v) is 10.5. The van der Waals surface area contributed by atoms with E-state index in [2.05, 4.69) is 5.16 Å². The molecule has 0 saturated heterocycles. The topological polar surface area (TPSA) is 41.8 Å². The number of nitrogens with zero attached hydrogens (tertiary/aromatic N) is 1. The summed E-state index contributed by atoms with van der Waals surface area (Å²) < 4.78 is 5.41. The molecule has 0 aliphatic rings. The van der Waals surface area contributed by atoms with E-state index in [0.717, 1.165) is 24.3 Å². The first kappa shape index (κ1) is 13.6. The van der Waals surface area contributed by atoms with Crippen LogP contribution in [0.15, 0.2) is 41.0 Å². The van der Waals surface area contributed by atoms with Gasteiger partial charge in [-0.25, -0.2) is 0 Å². The molecule has 1 N–H and O–H groups in total. The van der Waals surface area contributed by atoms with Crippen molar-refractivity contribution in [2.24, 2.45) is 5.16 Å². The van der Waals surface area contributed by atoms with Crippen LogP contribution in [0.25, 0.3) is 0 Å². The van der Waals surface area contributed by atoms with Crippen LogP contribution >= 0.6 is 11.6 Å². The lowest BCUT2D eigenvalue weighted by Crippen LogP contribution is -1.96. The van der Waals surface area contributed by atoms with E-state index in [-0.39, 0.29) is 0 Å². The zero-order chi connectivity index (χ0) is 12.5. The summed E-state index contributed by atoms with van der Waals surface area (Å²) in [5.41, 5.74) is 3.36. The molecule has 0 saturated carbocycles. The van der Waals surface area contributed by atoms with Crippen molar-refractivity contribution in [1.29, 1.82) is 0 Å². The predicted octanol–water partition coefficient (Wildman–Crippen LogP) is 3.60. The van der Waals surface area contributed by atoms with Gasteiger partial charge in [-0.05, 0) is 43.5 Å². The molecule has 0 spiro atoms. The molecule has 0 bridgehead atoms. The highest BCUT2D eigenvalue weighted by atomic mass is 35.5. The molecule has 1 aromatic carbocycles. The molecule has 0 aromatic heterocycles. The highest BCUT2D eigenvalue weighted by Crippen LogP contribution is 2.13. The Balaban J connectivity index is 2.44. The van der Waals surface area contributed by atoms with Crippen LogP contribution in [0.3, 0.4) is 0 Å². The van der Waals surface area contributed by atoms with Gasteiger partial charge in [0.25, 0.3) is 0 Å². The van der Waals surface area contributed by atoms with Crippen molar-refractivity contribution in [1.82, 2.24) is 0 Å². The number of rotatable bonds is 6. The Labute approximate surface area is 106 Å². The van der Waals surface area contributed by atoms with E-state index >= 15 is 0 Å². The van der Waals surface area contributed by atoms with Gasteiger partial charge in [-0.2, -0.15) is 0 Å². The summed E-state index contributed by atoms with van der Waals surface area (Å²) in [6.07, 6.45) is 3.35. The van der Waals surface area contributed by atoms with E-state index in [9.17, 15) is 0 Å². The normalized spacial score (nSPS) is 12.0. The molecule has 0 fully saturated rings. The van der Waals surface area contributed by atoms with Crippen LogP contribution in [0, 0.1) is 0 Å². The van der Waals surface area contributed by atoms with Crippen LogP contribution in [0.5, 0.6) is 5.75 Å². The minimum absolute atomic E-state index is 0.471. The molecule has 17 heavy (non-hydrogen) atoms. The first-order valence-corrected chi connectivity index (χ1v) is 5.84. The molecule has 0 heterocycles. The van der Waals surface area contributed by atoms with Gasteiger partial charge >= 0.3 is 0 Å². The number of halogens is 1. The van der Waals surface area contributed by atoms with Gasteiger partial charge in [0.1, 0.15) is 12.4 Å². The lowest BCUT2D eigenvalue weighted by Gasteiger charge is -2.04. The number of benzene rings is 1. The number of ether oxygens (including phenoxy) is 1. The van der Waals surface area contributed by atoms with Crippen LogP contribution in [0.4, 0.5) is 0 Å². The summed E-state index contributed by atoms with van der Waals surface area (Å²) in [4.78, 5) is 0. The van der Waals surface area contributed by atoms with E-state index in [1.54, 1.807) is 13.0 Å². The third-order valence-corrected chi connectivity index (χ3v) is 2.48. The van der Waals surface area contributed by atoms with Crippen molar-refractivity contribution < 1.29 is 9.94 Å². The fourth-order valence-corrected chi connectivity index (χ4v) is 1.38. The Bertz CT molecular complexity index is 385. The quantitative estimate of drug-likeness (QED) is 0.478. The number of oxime groups is 1. The fourth-order valence-electron chi connectivity index (χ4n) is 1.31. The second-order valence-corrected chi connectivity index (χ2v) is 3.90. The Morgan fingerprint density at radius 2 is 2.12 bits per heavy atom. The predicted molar refractivity (Wildman–Crippen MR) is 70.1 cm³/mol. The first-order chi connectivity index (χ1) is 8.26. The minimum Gasteiger partial charge on any atom is -0.490 e. The summed E-state index contributed by atoms with van der Waals surface area (Å²) in [5.74, 6) is 0.816. The molecule has 0 unspecified atom stereocenters. The largest absolute Gasteiger partial charge is 0.490 e. The van der Waals surface area contributed by atoms with Gasteiger partial charge in [0, 0.05) is 5.54 Å². The standard InChI is InChI=1S/C13H16ClNO2/c1-11(15-16)3-4-12-5-7-13(8-6-12)17-10-2-9-14/h2,5-9,16H,3-4,10H2,1H3/b9-2+,15-11+. The lowest BCUT2D eigenvalue weighted by atomic mass is 10.1. The maximum absolute atomic E-state index is 8.53. The van der Waals surface area contributed by atoms with Crippen LogP contribution in [-0.2, 0) is 6.42 Å². The molecule has 0 aliphatic heterocycles. The van der Waals surface area contributed by atoms with Crippen molar-refractivity contribution in [3.8, 4) is 5.75 Å². The van der Waals surface area contributed by atoms with E-state index in [1.807, 2.05) is 24.3 Å². The van der Waals surface area contributed by atoms with Gasteiger partial charge in [-0.15, -0.1) is 0 Å². The first-order valence-electron chi connectivity index (χ1n) is 5.40. The highest BCUT2D eigenvalue weighted by Gasteiger charge is 1.97.